The normalized spacial score (nSPS) is 16.2. The minimum Gasteiger partial charge on any atom is -0.454 e. The Morgan fingerprint density at radius 1 is 1.17 bits per heavy atom. The highest BCUT2D eigenvalue weighted by Crippen LogP contribution is 2.18. The Bertz CT molecular complexity index is 140. The van der Waals surface area contributed by atoms with Gasteiger partial charge in [-0.05, 0) is 39.2 Å². The lowest BCUT2D eigenvalue weighted by atomic mass is 10.5. The zero-order chi connectivity index (χ0) is 9.99. The molecule has 0 fully saturated rings. The smallest absolute Gasteiger partial charge is 0.202 e. The van der Waals surface area contributed by atoms with Crippen molar-refractivity contribution in [2.75, 3.05) is 0 Å². The molecule has 0 aliphatic rings. The van der Waals surface area contributed by atoms with Crippen molar-refractivity contribution in [1.29, 1.82) is 0 Å². The summed E-state index contributed by atoms with van der Waals surface area (Å²) in [5.41, 5.74) is -0.218. The quantitative estimate of drug-likeness (QED) is 0.716. The topological polar surface area (TPSA) is 29.5 Å². The maximum Gasteiger partial charge on any atom is 0.202 e. The first kappa shape index (κ1) is 12.4. The van der Waals surface area contributed by atoms with Crippen molar-refractivity contribution < 1.29 is 9.22 Å². The van der Waals surface area contributed by atoms with Gasteiger partial charge in [-0.2, -0.15) is 0 Å². The predicted octanol–water partition coefficient (Wildman–Crippen LogP) is 2.35. The van der Waals surface area contributed by atoms with Gasteiger partial charge in [0, 0.05) is 0 Å². The molecular weight excluding hydrogens is 184 g/mol. The van der Waals surface area contributed by atoms with E-state index in [4.69, 9.17) is 4.12 Å². The Kier molecular flexibility index (Phi) is 4.16. The van der Waals surface area contributed by atoms with Crippen molar-refractivity contribution >= 4 is 16.6 Å². The van der Waals surface area contributed by atoms with E-state index in [9.17, 15) is 5.11 Å². The second-order valence-corrected chi connectivity index (χ2v) is 13.7. The highest BCUT2D eigenvalue weighted by Gasteiger charge is 2.35. The summed E-state index contributed by atoms with van der Waals surface area (Å²) >= 11 is 0. The van der Waals surface area contributed by atoms with Crippen LogP contribution in [0.2, 0.25) is 32.7 Å². The number of hydrogen-bond donors (Lipinski definition) is 1. The Balaban J connectivity index is 4.22. The van der Waals surface area contributed by atoms with E-state index in [0.717, 1.165) is 6.42 Å². The summed E-state index contributed by atoms with van der Waals surface area (Å²) in [5.74, 6) is 0. The van der Waals surface area contributed by atoms with Gasteiger partial charge in [0.1, 0.15) is 0 Å². The highest BCUT2D eigenvalue weighted by molar-refractivity contribution is 6.84. The van der Waals surface area contributed by atoms with Crippen molar-refractivity contribution in [1.82, 2.24) is 0 Å². The largest absolute Gasteiger partial charge is 0.454 e. The first-order chi connectivity index (χ1) is 5.19. The molecule has 0 heterocycles. The van der Waals surface area contributed by atoms with E-state index in [1.54, 1.807) is 0 Å². The molecule has 0 aliphatic carbocycles. The first-order valence-electron chi connectivity index (χ1n) is 4.57. The van der Waals surface area contributed by atoms with Gasteiger partial charge in [-0.15, -0.1) is 0 Å². The van der Waals surface area contributed by atoms with E-state index in [-0.39, 0.29) is 5.73 Å². The molecule has 12 heavy (non-hydrogen) atoms. The maximum atomic E-state index is 9.71. The molecule has 0 spiro atoms. The Labute approximate surface area is 78.2 Å². The van der Waals surface area contributed by atoms with Gasteiger partial charge in [0.2, 0.25) is 8.32 Å². The SMILES string of the molecule is CCC(O)[Si](C)(C)O[Si](C)(C)C. The molecule has 0 aromatic carbocycles. The van der Waals surface area contributed by atoms with E-state index in [1.165, 1.54) is 0 Å². The van der Waals surface area contributed by atoms with Crippen LogP contribution in [-0.4, -0.2) is 27.5 Å². The lowest BCUT2D eigenvalue weighted by Crippen LogP contribution is -2.51. The summed E-state index contributed by atoms with van der Waals surface area (Å²) in [5, 5.41) is 9.71. The molecule has 0 aromatic heterocycles. The third-order valence-electron chi connectivity index (χ3n) is 1.76. The highest BCUT2D eigenvalue weighted by atomic mass is 28.4. The molecule has 1 atom stereocenters. The van der Waals surface area contributed by atoms with Crippen LogP contribution < -0.4 is 0 Å². The molecule has 0 aromatic rings. The van der Waals surface area contributed by atoms with Crippen LogP contribution in [0.15, 0.2) is 0 Å². The molecule has 0 rings (SSSR count). The molecule has 1 N–H and O–H groups in total. The lowest BCUT2D eigenvalue weighted by molar-refractivity contribution is 0.219. The molecule has 0 bridgehead atoms. The van der Waals surface area contributed by atoms with Gasteiger partial charge in [-0.25, -0.2) is 0 Å². The Hall–Kier alpha value is 0.354. The van der Waals surface area contributed by atoms with Gasteiger partial charge in [0.25, 0.3) is 0 Å². The Morgan fingerprint density at radius 3 is 1.83 bits per heavy atom. The summed E-state index contributed by atoms with van der Waals surface area (Å²) in [4.78, 5) is 0. The zero-order valence-electron chi connectivity index (χ0n) is 9.14. The maximum absolute atomic E-state index is 9.71. The summed E-state index contributed by atoms with van der Waals surface area (Å²) in [7, 11) is -3.29. The number of hydrogen-bond acceptors (Lipinski definition) is 2. The molecule has 1 unspecified atom stereocenters. The average molecular weight is 206 g/mol. The summed E-state index contributed by atoms with van der Waals surface area (Å²) in [6.45, 7) is 12.7. The number of rotatable bonds is 4. The minimum atomic E-state index is -1.82. The molecule has 0 amide bonds. The fourth-order valence-corrected chi connectivity index (χ4v) is 9.19. The third kappa shape index (κ3) is 4.40. The van der Waals surface area contributed by atoms with Crippen molar-refractivity contribution in [3.05, 3.63) is 0 Å². The van der Waals surface area contributed by atoms with Crippen LogP contribution >= 0.6 is 0 Å². The average Bonchev–Trinajstić information content (AvgIpc) is 1.80. The van der Waals surface area contributed by atoms with Crippen LogP contribution in [-0.2, 0) is 4.12 Å². The van der Waals surface area contributed by atoms with Crippen molar-refractivity contribution in [2.45, 2.75) is 51.8 Å². The van der Waals surface area contributed by atoms with E-state index < -0.39 is 16.6 Å². The van der Waals surface area contributed by atoms with E-state index in [1.807, 2.05) is 6.92 Å². The van der Waals surface area contributed by atoms with Crippen LogP contribution in [0.3, 0.4) is 0 Å². The number of aliphatic hydroxyl groups is 1. The van der Waals surface area contributed by atoms with Crippen LogP contribution in [0.25, 0.3) is 0 Å². The second kappa shape index (κ2) is 4.04. The molecule has 4 heteroatoms. The standard InChI is InChI=1S/C8H22O2Si2/c1-7-8(9)12(5,6)10-11(2,3)4/h8-9H,7H2,1-6H3. The van der Waals surface area contributed by atoms with Gasteiger partial charge in [-0.1, -0.05) is 6.92 Å². The molecule has 2 nitrogen and oxygen atoms in total. The fraction of sp³-hybridized carbons (Fsp3) is 1.00. The Morgan fingerprint density at radius 2 is 1.58 bits per heavy atom. The summed E-state index contributed by atoms with van der Waals surface area (Å²) < 4.78 is 6.01. The van der Waals surface area contributed by atoms with Crippen LogP contribution in [0, 0.1) is 0 Å². The van der Waals surface area contributed by atoms with E-state index in [2.05, 4.69) is 32.7 Å². The second-order valence-electron chi connectivity index (χ2n) is 4.74. The predicted molar refractivity (Wildman–Crippen MR) is 58.2 cm³/mol. The first-order valence-corrected chi connectivity index (χ1v) is 11.0. The van der Waals surface area contributed by atoms with E-state index >= 15 is 0 Å². The number of aliphatic hydroxyl groups excluding tert-OH is 1. The van der Waals surface area contributed by atoms with Crippen molar-refractivity contribution in [3.8, 4) is 0 Å². The van der Waals surface area contributed by atoms with Crippen LogP contribution in [0.5, 0.6) is 0 Å². The zero-order valence-corrected chi connectivity index (χ0v) is 11.1. The van der Waals surface area contributed by atoms with Crippen molar-refractivity contribution in [2.24, 2.45) is 0 Å². The molecule has 74 valence electrons. The van der Waals surface area contributed by atoms with E-state index in [0.29, 0.717) is 0 Å². The fourth-order valence-electron chi connectivity index (χ4n) is 1.35. The van der Waals surface area contributed by atoms with Crippen LogP contribution in [0.4, 0.5) is 0 Å². The van der Waals surface area contributed by atoms with Gasteiger partial charge in [-0.3, -0.25) is 0 Å². The lowest BCUT2D eigenvalue weighted by Gasteiger charge is -2.34. The molecule has 0 aliphatic heterocycles. The molecule has 0 radical (unpaired) electrons. The van der Waals surface area contributed by atoms with Crippen molar-refractivity contribution in [3.63, 3.8) is 0 Å². The molecule has 0 saturated heterocycles. The van der Waals surface area contributed by atoms with Gasteiger partial charge < -0.3 is 9.22 Å². The summed E-state index contributed by atoms with van der Waals surface area (Å²) in [6, 6.07) is 0. The molecular formula is C8H22O2Si2. The minimum absolute atomic E-state index is 0.218. The molecule has 0 saturated carbocycles. The monoisotopic (exact) mass is 206 g/mol. The van der Waals surface area contributed by atoms with Crippen LogP contribution in [0.1, 0.15) is 13.3 Å². The third-order valence-corrected chi connectivity index (χ3v) is 8.33. The summed E-state index contributed by atoms with van der Waals surface area (Å²) in [6.07, 6.45) is 0.809. The van der Waals surface area contributed by atoms with Gasteiger partial charge >= 0.3 is 0 Å². The van der Waals surface area contributed by atoms with Gasteiger partial charge in [0.05, 0.1) is 5.73 Å². The van der Waals surface area contributed by atoms with Gasteiger partial charge in [0.15, 0.2) is 8.32 Å².